The fourth-order valence-corrected chi connectivity index (χ4v) is 3.03. The molecular weight excluding hydrogens is 318 g/mol. The molecule has 1 saturated heterocycles. The van der Waals surface area contributed by atoms with Crippen molar-refractivity contribution in [1.29, 1.82) is 0 Å². The van der Waals surface area contributed by atoms with Crippen LogP contribution in [0.4, 0.5) is 22.9 Å². The first kappa shape index (κ1) is 15.7. The van der Waals surface area contributed by atoms with Crippen molar-refractivity contribution >= 4 is 21.9 Å². The van der Waals surface area contributed by atoms with Gasteiger partial charge in [0.25, 0.3) is 0 Å². The standard InChI is InChI=1S/C10H11F4N3O3S/c1-16-8(3-7(15-16)10(11,12)13)17-4-6(2-9(17)18)5-21(14,19)20/h3,6H,2,4-5H2,1H3. The van der Waals surface area contributed by atoms with Gasteiger partial charge in [0.1, 0.15) is 5.82 Å². The Morgan fingerprint density at radius 1 is 1.43 bits per heavy atom. The van der Waals surface area contributed by atoms with Gasteiger partial charge in [0.2, 0.25) is 5.91 Å². The molecule has 6 nitrogen and oxygen atoms in total. The number of aromatic nitrogens is 2. The lowest BCUT2D eigenvalue weighted by Gasteiger charge is -2.15. The normalized spacial score (nSPS) is 20.3. The van der Waals surface area contributed by atoms with Gasteiger partial charge in [0, 0.05) is 32.0 Å². The van der Waals surface area contributed by atoms with Gasteiger partial charge >= 0.3 is 16.4 Å². The third-order valence-electron chi connectivity index (χ3n) is 3.06. The Morgan fingerprint density at radius 2 is 2.05 bits per heavy atom. The fourth-order valence-electron chi connectivity index (χ4n) is 2.24. The quantitative estimate of drug-likeness (QED) is 0.615. The summed E-state index contributed by atoms with van der Waals surface area (Å²) in [6.07, 6.45) is -4.89. The number of anilines is 1. The second-order valence-electron chi connectivity index (χ2n) is 4.79. The van der Waals surface area contributed by atoms with Crippen LogP contribution < -0.4 is 4.90 Å². The molecule has 0 N–H and O–H groups in total. The average Bonchev–Trinajstić information content (AvgIpc) is 2.79. The van der Waals surface area contributed by atoms with Crippen molar-refractivity contribution in [2.45, 2.75) is 12.6 Å². The van der Waals surface area contributed by atoms with Gasteiger partial charge in [-0.25, -0.2) is 0 Å². The van der Waals surface area contributed by atoms with Gasteiger partial charge in [-0.05, 0) is 0 Å². The smallest absolute Gasteiger partial charge is 0.297 e. The minimum atomic E-state index is -4.75. The van der Waals surface area contributed by atoms with Gasteiger partial charge in [0.05, 0.1) is 5.75 Å². The molecule has 2 heterocycles. The molecule has 1 aliphatic rings. The molecule has 118 valence electrons. The molecule has 1 aromatic rings. The van der Waals surface area contributed by atoms with Crippen molar-refractivity contribution in [2.24, 2.45) is 13.0 Å². The van der Waals surface area contributed by atoms with Crippen LogP contribution in [0.3, 0.4) is 0 Å². The van der Waals surface area contributed by atoms with E-state index < -0.39 is 39.7 Å². The summed E-state index contributed by atoms with van der Waals surface area (Å²) < 4.78 is 72.3. The SMILES string of the molecule is Cn1nc(C(F)(F)F)cc1N1CC(CS(=O)(=O)F)CC1=O. The molecule has 0 aliphatic carbocycles. The largest absolute Gasteiger partial charge is 0.435 e. The first-order valence-electron chi connectivity index (χ1n) is 5.81. The Bertz CT molecular complexity index is 668. The predicted octanol–water partition coefficient (Wildman–Crippen LogP) is 1.09. The second-order valence-corrected chi connectivity index (χ2v) is 6.20. The highest BCUT2D eigenvalue weighted by Gasteiger charge is 2.39. The lowest BCUT2D eigenvalue weighted by Crippen LogP contribution is -2.27. The van der Waals surface area contributed by atoms with Crippen LogP contribution in [-0.2, 0) is 28.2 Å². The summed E-state index contributed by atoms with van der Waals surface area (Å²) in [7, 11) is -3.51. The summed E-state index contributed by atoms with van der Waals surface area (Å²) in [6.45, 7) is -0.168. The summed E-state index contributed by atoms with van der Waals surface area (Å²) in [5, 5.41) is 3.27. The zero-order valence-electron chi connectivity index (χ0n) is 10.8. The topological polar surface area (TPSA) is 72.3 Å². The van der Waals surface area contributed by atoms with Crippen LogP contribution in [0.15, 0.2) is 6.07 Å². The fraction of sp³-hybridized carbons (Fsp3) is 0.600. The Balaban J connectivity index is 2.23. The van der Waals surface area contributed by atoms with Crippen molar-refractivity contribution in [3.05, 3.63) is 11.8 Å². The van der Waals surface area contributed by atoms with Crippen LogP contribution >= 0.6 is 0 Å². The van der Waals surface area contributed by atoms with Crippen LogP contribution in [0.2, 0.25) is 0 Å². The summed E-state index contributed by atoms with van der Waals surface area (Å²) in [4.78, 5) is 12.8. The van der Waals surface area contributed by atoms with Gasteiger partial charge in [-0.1, -0.05) is 0 Å². The number of hydrogen-bond acceptors (Lipinski definition) is 4. The molecule has 21 heavy (non-hydrogen) atoms. The molecule has 1 aliphatic heterocycles. The lowest BCUT2D eigenvalue weighted by atomic mass is 10.1. The number of carbonyl (C=O) groups excluding carboxylic acids is 1. The third-order valence-corrected chi connectivity index (χ3v) is 3.93. The number of alkyl halides is 3. The minimum Gasteiger partial charge on any atom is -0.297 e. The van der Waals surface area contributed by atoms with Gasteiger partial charge < -0.3 is 0 Å². The van der Waals surface area contributed by atoms with Crippen LogP contribution in [0.5, 0.6) is 0 Å². The van der Waals surface area contributed by atoms with Crippen molar-refractivity contribution in [2.75, 3.05) is 17.2 Å². The summed E-state index contributed by atoms with van der Waals surface area (Å²) in [5.41, 5.74) is -1.16. The highest BCUT2D eigenvalue weighted by Crippen LogP contribution is 2.33. The molecule has 0 aromatic carbocycles. The molecule has 0 bridgehead atoms. The molecule has 0 radical (unpaired) electrons. The average molecular weight is 329 g/mol. The molecule has 1 aromatic heterocycles. The van der Waals surface area contributed by atoms with E-state index in [0.717, 1.165) is 9.58 Å². The number of hydrogen-bond donors (Lipinski definition) is 0. The maximum Gasteiger partial charge on any atom is 0.435 e. The number of amides is 1. The van der Waals surface area contributed by atoms with Crippen molar-refractivity contribution in [3.63, 3.8) is 0 Å². The molecule has 1 fully saturated rings. The van der Waals surface area contributed by atoms with Gasteiger partial charge in [0.15, 0.2) is 5.69 Å². The van der Waals surface area contributed by atoms with Crippen LogP contribution in [0.1, 0.15) is 12.1 Å². The second kappa shape index (κ2) is 4.97. The molecule has 0 spiro atoms. The molecule has 1 atom stereocenters. The van der Waals surface area contributed by atoms with E-state index in [1.54, 1.807) is 0 Å². The van der Waals surface area contributed by atoms with Gasteiger partial charge in [-0.3, -0.25) is 14.4 Å². The van der Waals surface area contributed by atoms with E-state index in [-0.39, 0.29) is 18.8 Å². The first-order chi connectivity index (χ1) is 9.47. The minimum absolute atomic E-state index is 0.105. The third kappa shape index (κ3) is 3.52. The van der Waals surface area contributed by atoms with E-state index in [1.807, 2.05) is 0 Å². The lowest BCUT2D eigenvalue weighted by molar-refractivity contribution is -0.141. The maximum atomic E-state index is 12.6. The Labute approximate surface area is 117 Å². The highest BCUT2D eigenvalue weighted by atomic mass is 32.3. The molecule has 11 heteroatoms. The van der Waals surface area contributed by atoms with Crippen LogP contribution in [0, 0.1) is 5.92 Å². The molecule has 2 rings (SSSR count). The number of aryl methyl sites for hydroxylation is 1. The number of nitrogens with zero attached hydrogens (tertiary/aromatic N) is 3. The summed E-state index contributed by atoms with van der Waals surface area (Å²) >= 11 is 0. The molecule has 1 amide bonds. The maximum absolute atomic E-state index is 12.6. The van der Waals surface area contributed by atoms with Gasteiger partial charge in [-0.2, -0.15) is 26.7 Å². The number of rotatable bonds is 3. The van der Waals surface area contributed by atoms with Crippen LogP contribution in [0.25, 0.3) is 0 Å². The van der Waals surface area contributed by atoms with Crippen molar-refractivity contribution in [3.8, 4) is 0 Å². The van der Waals surface area contributed by atoms with E-state index >= 15 is 0 Å². The molecule has 1 unspecified atom stereocenters. The van der Waals surface area contributed by atoms with E-state index in [1.165, 1.54) is 7.05 Å². The first-order valence-corrected chi connectivity index (χ1v) is 7.36. The predicted molar refractivity (Wildman–Crippen MR) is 63.6 cm³/mol. The van der Waals surface area contributed by atoms with Gasteiger partial charge in [-0.15, -0.1) is 3.89 Å². The van der Waals surface area contributed by atoms with E-state index in [4.69, 9.17) is 0 Å². The summed E-state index contributed by atoms with van der Waals surface area (Å²) in [5.74, 6) is -2.30. The van der Waals surface area contributed by atoms with Crippen molar-refractivity contribution in [1.82, 2.24) is 9.78 Å². The zero-order valence-corrected chi connectivity index (χ0v) is 11.6. The van der Waals surface area contributed by atoms with Crippen molar-refractivity contribution < 1.29 is 30.3 Å². The van der Waals surface area contributed by atoms with Crippen LogP contribution in [-0.4, -0.2) is 36.4 Å². The van der Waals surface area contributed by atoms with E-state index in [0.29, 0.717) is 6.07 Å². The molecular formula is C10H11F4N3O3S. The Hall–Kier alpha value is -1.65. The Morgan fingerprint density at radius 3 is 2.52 bits per heavy atom. The zero-order chi connectivity index (χ0) is 16.0. The summed E-state index contributed by atoms with van der Waals surface area (Å²) in [6, 6.07) is 0.699. The van der Waals surface area contributed by atoms with E-state index in [2.05, 4.69) is 5.10 Å². The number of halogens is 4. The Kier molecular flexibility index (Phi) is 3.72. The monoisotopic (exact) mass is 329 g/mol. The number of carbonyl (C=O) groups is 1. The van der Waals surface area contributed by atoms with E-state index in [9.17, 15) is 30.3 Å². The highest BCUT2D eigenvalue weighted by molar-refractivity contribution is 7.86. The molecule has 0 saturated carbocycles.